The predicted molar refractivity (Wildman–Crippen MR) is 52.0 cm³/mol. The minimum absolute atomic E-state index is 1.07. The molecule has 0 fully saturated rings. The van der Waals surface area contributed by atoms with Crippen LogP contribution in [-0.2, 0) is 0 Å². The molecule has 11 heavy (non-hydrogen) atoms. The van der Waals surface area contributed by atoms with Crippen LogP contribution in [-0.4, -0.2) is 5.75 Å². The van der Waals surface area contributed by atoms with Crippen LogP contribution in [0.1, 0.15) is 6.92 Å². The fraction of sp³-hybridized carbons (Fsp3) is 0.200. The van der Waals surface area contributed by atoms with Crippen molar-refractivity contribution in [2.24, 2.45) is 0 Å². The minimum Gasteiger partial charge on any atom is -0.122 e. The molecule has 1 heteroatoms. The normalized spacial score (nSPS) is 10.6. The van der Waals surface area contributed by atoms with E-state index in [0.717, 1.165) is 5.75 Å². The van der Waals surface area contributed by atoms with Crippen LogP contribution in [0.4, 0.5) is 0 Å². The molecule has 0 heterocycles. The van der Waals surface area contributed by atoms with Crippen molar-refractivity contribution < 1.29 is 0 Å². The highest BCUT2D eigenvalue weighted by Crippen LogP contribution is 2.16. The number of benzene rings is 1. The fourth-order valence-electron chi connectivity index (χ4n) is 0.757. The Labute approximate surface area is 72.3 Å². The molecule has 0 aliphatic rings. The molecule has 0 radical (unpaired) electrons. The SMILES string of the molecule is C/C=C/CSc1ccccc1. The second-order valence-electron chi connectivity index (χ2n) is 2.19. The number of rotatable bonds is 3. The van der Waals surface area contributed by atoms with Crippen molar-refractivity contribution in [3.8, 4) is 0 Å². The highest BCUT2D eigenvalue weighted by molar-refractivity contribution is 7.99. The second-order valence-corrected chi connectivity index (χ2v) is 3.29. The van der Waals surface area contributed by atoms with Crippen LogP contribution >= 0.6 is 11.8 Å². The first-order chi connectivity index (χ1) is 5.43. The summed E-state index contributed by atoms with van der Waals surface area (Å²) in [6.45, 7) is 2.05. The van der Waals surface area contributed by atoms with Crippen LogP contribution in [0.5, 0.6) is 0 Å². The van der Waals surface area contributed by atoms with E-state index in [4.69, 9.17) is 0 Å². The summed E-state index contributed by atoms with van der Waals surface area (Å²) >= 11 is 1.86. The molecular formula is C10H12S. The second kappa shape index (κ2) is 5.03. The molecule has 0 unspecified atom stereocenters. The van der Waals surface area contributed by atoms with Gasteiger partial charge in [0.1, 0.15) is 0 Å². The van der Waals surface area contributed by atoms with Crippen LogP contribution in [0.2, 0.25) is 0 Å². The summed E-state index contributed by atoms with van der Waals surface area (Å²) < 4.78 is 0. The van der Waals surface area contributed by atoms with E-state index in [0.29, 0.717) is 0 Å². The number of hydrogen-bond acceptors (Lipinski definition) is 1. The molecule has 0 amide bonds. The molecule has 0 saturated carbocycles. The van der Waals surface area contributed by atoms with E-state index in [9.17, 15) is 0 Å². The molecule has 0 saturated heterocycles. The van der Waals surface area contributed by atoms with Crippen molar-refractivity contribution >= 4 is 11.8 Å². The first-order valence-electron chi connectivity index (χ1n) is 3.72. The maximum absolute atomic E-state index is 2.16. The molecule has 1 aromatic rings. The quantitative estimate of drug-likeness (QED) is 0.487. The van der Waals surface area contributed by atoms with Crippen LogP contribution in [0.25, 0.3) is 0 Å². The molecule has 0 atom stereocenters. The van der Waals surface area contributed by atoms with E-state index in [2.05, 4.69) is 36.4 Å². The topological polar surface area (TPSA) is 0 Å². The zero-order valence-electron chi connectivity index (χ0n) is 6.66. The van der Waals surface area contributed by atoms with Gasteiger partial charge in [-0.05, 0) is 19.1 Å². The Morgan fingerprint density at radius 1 is 1.27 bits per heavy atom. The van der Waals surface area contributed by atoms with E-state index in [-0.39, 0.29) is 0 Å². The molecule has 0 bridgehead atoms. The van der Waals surface area contributed by atoms with Gasteiger partial charge in [0.05, 0.1) is 0 Å². The van der Waals surface area contributed by atoms with Crippen LogP contribution in [0.3, 0.4) is 0 Å². The maximum atomic E-state index is 2.16. The zero-order valence-corrected chi connectivity index (χ0v) is 7.47. The molecule has 0 nitrogen and oxygen atoms in total. The van der Waals surface area contributed by atoms with Gasteiger partial charge in [0.25, 0.3) is 0 Å². The van der Waals surface area contributed by atoms with Gasteiger partial charge < -0.3 is 0 Å². The first kappa shape index (κ1) is 8.41. The fourth-order valence-corrected chi connectivity index (χ4v) is 1.59. The monoisotopic (exact) mass is 164 g/mol. The lowest BCUT2D eigenvalue weighted by molar-refractivity contribution is 1.46. The predicted octanol–water partition coefficient (Wildman–Crippen LogP) is 3.35. The van der Waals surface area contributed by atoms with E-state index in [1.807, 2.05) is 24.8 Å². The summed E-state index contributed by atoms with van der Waals surface area (Å²) in [5.41, 5.74) is 0. The minimum atomic E-state index is 1.07. The van der Waals surface area contributed by atoms with Gasteiger partial charge in [0.15, 0.2) is 0 Å². The third kappa shape index (κ3) is 3.28. The summed E-state index contributed by atoms with van der Waals surface area (Å²) in [6, 6.07) is 10.4. The van der Waals surface area contributed by atoms with Gasteiger partial charge in [-0.3, -0.25) is 0 Å². The highest BCUT2D eigenvalue weighted by atomic mass is 32.2. The molecule has 1 rings (SSSR count). The van der Waals surface area contributed by atoms with Gasteiger partial charge in [-0.25, -0.2) is 0 Å². The van der Waals surface area contributed by atoms with E-state index in [1.165, 1.54) is 4.90 Å². The van der Waals surface area contributed by atoms with Crippen molar-refractivity contribution in [3.05, 3.63) is 42.5 Å². The third-order valence-corrected chi connectivity index (χ3v) is 2.29. The summed E-state index contributed by atoms with van der Waals surface area (Å²) in [4.78, 5) is 1.34. The van der Waals surface area contributed by atoms with Gasteiger partial charge in [-0.1, -0.05) is 30.4 Å². The Bertz CT molecular complexity index is 214. The van der Waals surface area contributed by atoms with Crippen molar-refractivity contribution in [3.63, 3.8) is 0 Å². The number of allylic oxidation sites excluding steroid dienone is 1. The van der Waals surface area contributed by atoms with E-state index in [1.54, 1.807) is 0 Å². The Balaban J connectivity index is 2.39. The van der Waals surface area contributed by atoms with Gasteiger partial charge >= 0.3 is 0 Å². The molecule has 1 aromatic carbocycles. The molecular weight excluding hydrogens is 152 g/mol. The lowest BCUT2D eigenvalue weighted by atomic mass is 10.4. The largest absolute Gasteiger partial charge is 0.122 e. The van der Waals surface area contributed by atoms with Crippen molar-refractivity contribution in [1.29, 1.82) is 0 Å². The smallest absolute Gasteiger partial charge is 0.0160 e. The lowest BCUT2D eigenvalue weighted by Crippen LogP contribution is -1.71. The van der Waals surface area contributed by atoms with E-state index < -0.39 is 0 Å². The molecule has 58 valence electrons. The lowest BCUT2D eigenvalue weighted by Gasteiger charge is -1.95. The van der Waals surface area contributed by atoms with Crippen LogP contribution in [0, 0.1) is 0 Å². The average molecular weight is 164 g/mol. The van der Waals surface area contributed by atoms with Crippen molar-refractivity contribution in [1.82, 2.24) is 0 Å². The number of hydrogen-bond donors (Lipinski definition) is 0. The molecule has 0 aliphatic carbocycles. The molecule has 0 aromatic heterocycles. The summed E-state index contributed by atoms with van der Waals surface area (Å²) in [5.74, 6) is 1.07. The van der Waals surface area contributed by atoms with Gasteiger partial charge in [-0.15, -0.1) is 11.8 Å². The average Bonchev–Trinajstić information content (AvgIpc) is 2.07. The Hall–Kier alpha value is -0.690. The van der Waals surface area contributed by atoms with E-state index >= 15 is 0 Å². The zero-order chi connectivity index (χ0) is 7.94. The van der Waals surface area contributed by atoms with Gasteiger partial charge in [0, 0.05) is 10.6 Å². The third-order valence-electron chi connectivity index (χ3n) is 1.33. The Morgan fingerprint density at radius 3 is 2.64 bits per heavy atom. The van der Waals surface area contributed by atoms with Crippen molar-refractivity contribution in [2.75, 3.05) is 5.75 Å². The molecule has 0 N–H and O–H groups in total. The summed E-state index contributed by atoms with van der Waals surface area (Å²) in [5, 5.41) is 0. The van der Waals surface area contributed by atoms with Gasteiger partial charge in [-0.2, -0.15) is 0 Å². The van der Waals surface area contributed by atoms with Crippen LogP contribution in [0.15, 0.2) is 47.4 Å². The van der Waals surface area contributed by atoms with Gasteiger partial charge in [0.2, 0.25) is 0 Å². The Morgan fingerprint density at radius 2 is 2.00 bits per heavy atom. The van der Waals surface area contributed by atoms with Crippen molar-refractivity contribution in [2.45, 2.75) is 11.8 Å². The van der Waals surface area contributed by atoms with Crippen LogP contribution < -0.4 is 0 Å². The maximum Gasteiger partial charge on any atom is 0.0160 e. The Kier molecular flexibility index (Phi) is 3.84. The first-order valence-corrected chi connectivity index (χ1v) is 4.71. The standard InChI is InChI=1S/C10H12S/c1-2-3-9-11-10-7-5-4-6-8-10/h2-8H,9H2,1H3/b3-2+. The summed E-state index contributed by atoms with van der Waals surface area (Å²) in [6.07, 6.45) is 4.24. The molecule has 0 spiro atoms. The highest BCUT2D eigenvalue weighted by Gasteiger charge is 1.86. The summed E-state index contributed by atoms with van der Waals surface area (Å²) in [7, 11) is 0. The number of thioether (sulfide) groups is 1. The molecule has 0 aliphatic heterocycles.